The Labute approximate surface area is 86.6 Å². The van der Waals surface area contributed by atoms with Crippen LogP contribution in [0.1, 0.15) is 0 Å². The minimum absolute atomic E-state index is 1.27. The van der Waals surface area contributed by atoms with E-state index in [2.05, 4.69) is 50.7 Å². The van der Waals surface area contributed by atoms with E-state index in [1.807, 2.05) is 0 Å². The van der Waals surface area contributed by atoms with E-state index in [9.17, 15) is 0 Å². The van der Waals surface area contributed by atoms with Gasteiger partial charge in [0.1, 0.15) is 11.7 Å². The van der Waals surface area contributed by atoms with E-state index < -0.39 is 0 Å². The molecule has 1 aromatic heterocycles. The van der Waals surface area contributed by atoms with Gasteiger partial charge in [0, 0.05) is 31.1 Å². The first-order valence-electron chi connectivity index (χ1n) is 3.49. The average molecular weight is 261 g/mol. The smallest absolute Gasteiger partial charge is 0.178 e. The number of para-hydroxylation sites is 1. The maximum atomic E-state index is 3.39. The molecule has 4 heteroatoms. The summed E-state index contributed by atoms with van der Waals surface area (Å²) >= 11 is 5.20. The lowest BCUT2D eigenvalue weighted by Crippen LogP contribution is -2.27. The van der Waals surface area contributed by atoms with E-state index in [-0.39, 0.29) is 0 Å². The fourth-order valence-corrected chi connectivity index (χ4v) is 3.87. The fraction of sp³-hybridized carbons (Fsp3) is 0.125. The maximum Gasteiger partial charge on any atom is 0.309 e. The Morgan fingerprint density at radius 3 is 2.83 bits per heavy atom. The molecular formula is C8H7BrNS2+. The molecule has 0 radical (unpaired) electrons. The summed E-state index contributed by atoms with van der Waals surface area (Å²) in [6.07, 6.45) is 0. The number of halogens is 1. The van der Waals surface area contributed by atoms with E-state index in [4.69, 9.17) is 0 Å². The molecule has 0 saturated heterocycles. The third-order valence-electron chi connectivity index (χ3n) is 1.76. The van der Waals surface area contributed by atoms with Gasteiger partial charge in [-0.3, -0.25) is 0 Å². The van der Waals surface area contributed by atoms with E-state index >= 15 is 0 Å². The highest BCUT2D eigenvalue weighted by Crippen LogP contribution is 2.30. The molecule has 0 aliphatic rings. The van der Waals surface area contributed by atoms with Gasteiger partial charge in [0.2, 0.25) is 5.52 Å². The Morgan fingerprint density at radius 2 is 2.17 bits per heavy atom. The highest BCUT2D eigenvalue weighted by atomic mass is 79.9. The molecule has 1 aromatic carbocycles. The highest BCUT2D eigenvalue weighted by Gasteiger charge is 2.14. The molecule has 0 aliphatic heterocycles. The molecule has 0 saturated carbocycles. The van der Waals surface area contributed by atoms with Crippen molar-refractivity contribution in [2.45, 2.75) is 4.34 Å². The molecule has 1 nitrogen and oxygen atoms in total. The molecule has 12 heavy (non-hydrogen) atoms. The Kier molecular flexibility index (Phi) is 2.39. The highest BCUT2D eigenvalue weighted by molar-refractivity contribution is 9.50. The van der Waals surface area contributed by atoms with E-state index in [0.717, 1.165) is 0 Å². The lowest BCUT2D eigenvalue weighted by molar-refractivity contribution is -0.676. The summed E-state index contributed by atoms with van der Waals surface area (Å²) in [7, 11) is 3.70. The minimum atomic E-state index is 1.27. The van der Waals surface area contributed by atoms with Crippen LogP contribution in [0.3, 0.4) is 0 Å². The second-order valence-corrected chi connectivity index (χ2v) is 5.27. The standard InChI is InChI=1S/C8H7BrNS2/c1-10-6-4-2-3-5-7(6)11-8(10)12-9/h2-5H,1H3/q+1. The molecule has 1 heterocycles. The van der Waals surface area contributed by atoms with E-state index in [1.165, 1.54) is 14.6 Å². The van der Waals surface area contributed by atoms with Gasteiger partial charge in [-0.2, -0.15) is 4.57 Å². The van der Waals surface area contributed by atoms with Gasteiger partial charge < -0.3 is 0 Å². The number of aryl methyl sites for hydroxylation is 1. The largest absolute Gasteiger partial charge is 0.309 e. The average Bonchev–Trinajstić information content (AvgIpc) is 2.44. The molecule has 0 atom stereocenters. The molecule has 0 bridgehead atoms. The van der Waals surface area contributed by atoms with Crippen molar-refractivity contribution in [2.75, 3.05) is 0 Å². The van der Waals surface area contributed by atoms with Gasteiger partial charge in [-0.05, 0) is 6.07 Å². The van der Waals surface area contributed by atoms with Crippen molar-refractivity contribution in [3.8, 4) is 0 Å². The predicted molar refractivity (Wildman–Crippen MR) is 57.8 cm³/mol. The second kappa shape index (κ2) is 3.36. The normalized spacial score (nSPS) is 10.8. The van der Waals surface area contributed by atoms with Crippen LogP contribution < -0.4 is 4.57 Å². The molecule has 0 fully saturated rings. The zero-order valence-electron chi connectivity index (χ0n) is 6.45. The van der Waals surface area contributed by atoms with Crippen LogP contribution >= 0.6 is 36.3 Å². The Balaban J connectivity index is 2.78. The summed E-state index contributed by atoms with van der Waals surface area (Å²) < 4.78 is 4.80. The van der Waals surface area contributed by atoms with Crippen molar-refractivity contribution < 1.29 is 4.57 Å². The number of rotatable bonds is 1. The van der Waals surface area contributed by atoms with Crippen molar-refractivity contribution in [3.05, 3.63) is 24.3 Å². The number of hydrogen-bond donors (Lipinski definition) is 0. The summed E-state index contributed by atoms with van der Waals surface area (Å²) in [5, 5.41) is 0. The first-order valence-corrected chi connectivity index (χ1v) is 6.96. The van der Waals surface area contributed by atoms with Crippen LogP contribution in [0.5, 0.6) is 0 Å². The maximum absolute atomic E-state index is 3.39. The molecule has 0 amide bonds. The molecule has 0 N–H and O–H groups in total. The van der Waals surface area contributed by atoms with Gasteiger partial charge in [-0.15, -0.1) is 0 Å². The van der Waals surface area contributed by atoms with Gasteiger partial charge in [0.15, 0.2) is 0 Å². The molecule has 62 valence electrons. The van der Waals surface area contributed by atoms with Crippen LogP contribution in [0, 0.1) is 0 Å². The summed E-state index contributed by atoms with van der Waals surface area (Å²) in [5.41, 5.74) is 1.30. The molecule has 2 aromatic rings. The van der Waals surface area contributed by atoms with Crippen LogP contribution in [0.15, 0.2) is 28.6 Å². The molecule has 2 rings (SSSR count). The van der Waals surface area contributed by atoms with Gasteiger partial charge in [-0.25, -0.2) is 0 Å². The van der Waals surface area contributed by atoms with Crippen LogP contribution in [0.2, 0.25) is 0 Å². The van der Waals surface area contributed by atoms with Gasteiger partial charge in [-0.1, -0.05) is 23.5 Å². The fourth-order valence-electron chi connectivity index (χ4n) is 1.15. The SMILES string of the molecule is C[n+]1c(SBr)sc2ccccc21. The Hall–Kier alpha value is -0.0600. The van der Waals surface area contributed by atoms with Crippen LogP contribution in [0.4, 0.5) is 0 Å². The van der Waals surface area contributed by atoms with Crippen molar-refractivity contribution >= 4 is 46.6 Å². The zero-order valence-corrected chi connectivity index (χ0v) is 9.67. The number of thiazole rings is 1. The van der Waals surface area contributed by atoms with Crippen molar-refractivity contribution in [1.29, 1.82) is 0 Å². The first-order chi connectivity index (χ1) is 5.83. The summed E-state index contributed by atoms with van der Waals surface area (Å²) in [6.45, 7) is 0. The lowest BCUT2D eigenvalue weighted by Gasteiger charge is -1.84. The Morgan fingerprint density at radius 1 is 1.42 bits per heavy atom. The topological polar surface area (TPSA) is 3.88 Å². The quantitative estimate of drug-likeness (QED) is 0.713. The van der Waals surface area contributed by atoms with Crippen LogP contribution in [-0.4, -0.2) is 0 Å². The second-order valence-electron chi connectivity index (χ2n) is 2.47. The van der Waals surface area contributed by atoms with Gasteiger partial charge in [0.05, 0.1) is 0 Å². The number of aromatic nitrogens is 1. The van der Waals surface area contributed by atoms with E-state index in [0.29, 0.717) is 0 Å². The monoisotopic (exact) mass is 260 g/mol. The van der Waals surface area contributed by atoms with Crippen molar-refractivity contribution in [2.24, 2.45) is 7.05 Å². The van der Waals surface area contributed by atoms with Crippen LogP contribution in [-0.2, 0) is 7.05 Å². The molecule has 0 spiro atoms. The third-order valence-corrected chi connectivity index (χ3v) is 5.25. The lowest BCUT2D eigenvalue weighted by atomic mass is 10.3. The Bertz CT molecular complexity index is 410. The van der Waals surface area contributed by atoms with E-state index in [1.54, 1.807) is 21.5 Å². The summed E-state index contributed by atoms with van der Waals surface area (Å²) in [5.74, 6) is 0. The third kappa shape index (κ3) is 1.28. The summed E-state index contributed by atoms with van der Waals surface area (Å²) in [4.78, 5) is 0. The first kappa shape index (κ1) is 8.53. The summed E-state index contributed by atoms with van der Waals surface area (Å²) in [6, 6.07) is 8.42. The van der Waals surface area contributed by atoms with Gasteiger partial charge in [0.25, 0.3) is 0 Å². The predicted octanol–water partition coefficient (Wildman–Crippen LogP) is 3.13. The molecular weight excluding hydrogens is 254 g/mol. The minimum Gasteiger partial charge on any atom is -0.178 e. The van der Waals surface area contributed by atoms with Crippen molar-refractivity contribution in [1.82, 2.24) is 0 Å². The molecule has 0 unspecified atom stereocenters. The number of nitrogens with zero attached hydrogens (tertiary/aromatic N) is 1. The van der Waals surface area contributed by atoms with Gasteiger partial charge >= 0.3 is 4.34 Å². The van der Waals surface area contributed by atoms with Crippen molar-refractivity contribution in [3.63, 3.8) is 0 Å². The molecule has 0 aliphatic carbocycles. The number of fused-ring (bicyclic) bond motifs is 1. The number of hydrogen-bond acceptors (Lipinski definition) is 2. The zero-order chi connectivity index (χ0) is 8.55. The van der Waals surface area contributed by atoms with Crippen LogP contribution in [0.25, 0.3) is 10.2 Å². The number of benzene rings is 1.